The van der Waals surface area contributed by atoms with Gasteiger partial charge in [-0.25, -0.2) is 9.67 Å². The Hall–Kier alpha value is -3.19. The minimum atomic E-state index is -0.416. The number of fused-ring (bicyclic) bond motifs is 3. The van der Waals surface area contributed by atoms with Gasteiger partial charge in [-0.05, 0) is 31.2 Å². The van der Waals surface area contributed by atoms with E-state index >= 15 is 0 Å². The third kappa shape index (κ3) is 2.82. The van der Waals surface area contributed by atoms with E-state index in [0.717, 1.165) is 26.5 Å². The molecule has 0 aliphatic rings. The molecule has 8 heteroatoms. The largest absolute Gasteiger partial charge is 0.350 e. The van der Waals surface area contributed by atoms with Crippen molar-refractivity contribution in [3.8, 4) is 0 Å². The van der Waals surface area contributed by atoms with Crippen molar-refractivity contribution in [3.63, 3.8) is 0 Å². The molecule has 1 aromatic carbocycles. The van der Waals surface area contributed by atoms with E-state index in [0.29, 0.717) is 11.2 Å². The quantitative estimate of drug-likeness (QED) is 0.544. The molecule has 0 aliphatic heterocycles. The predicted octanol–water partition coefficient (Wildman–Crippen LogP) is 2.87. The second-order valence-electron chi connectivity index (χ2n) is 5.96. The molecule has 0 saturated carbocycles. The van der Waals surface area contributed by atoms with Crippen molar-refractivity contribution in [3.05, 3.63) is 63.8 Å². The molecule has 26 heavy (non-hydrogen) atoms. The monoisotopic (exact) mass is 367 g/mol. The van der Waals surface area contributed by atoms with Gasteiger partial charge in [0.25, 0.3) is 5.56 Å². The minimum Gasteiger partial charge on any atom is -0.350 e. The van der Waals surface area contributed by atoms with E-state index in [4.69, 9.17) is 11.6 Å². The molecule has 3 heterocycles. The SMILES string of the molecule is Cc1ccc2[nH]c3c(=O)n(CC(=O)Nc4cccnc4Cl)ncc3c2c1. The number of aromatic nitrogens is 4. The van der Waals surface area contributed by atoms with Crippen LogP contribution in [-0.2, 0) is 11.3 Å². The highest BCUT2D eigenvalue weighted by Crippen LogP contribution is 2.23. The molecule has 4 rings (SSSR count). The normalized spacial score (nSPS) is 11.2. The molecule has 0 spiro atoms. The number of hydrogen-bond acceptors (Lipinski definition) is 4. The van der Waals surface area contributed by atoms with E-state index in [1.165, 1.54) is 6.20 Å². The van der Waals surface area contributed by atoms with Crippen LogP contribution >= 0.6 is 11.6 Å². The summed E-state index contributed by atoms with van der Waals surface area (Å²) in [6.07, 6.45) is 3.12. The first-order chi connectivity index (χ1) is 12.5. The van der Waals surface area contributed by atoms with Crippen molar-refractivity contribution in [1.82, 2.24) is 19.7 Å². The van der Waals surface area contributed by atoms with Crippen LogP contribution in [0.25, 0.3) is 21.8 Å². The van der Waals surface area contributed by atoms with Gasteiger partial charge in [0.1, 0.15) is 12.1 Å². The van der Waals surface area contributed by atoms with Crippen molar-refractivity contribution < 1.29 is 4.79 Å². The van der Waals surface area contributed by atoms with E-state index in [-0.39, 0.29) is 17.3 Å². The van der Waals surface area contributed by atoms with Gasteiger partial charge in [0, 0.05) is 22.5 Å². The Morgan fingerprint density at radius 1 is 1.31 bits per heavy atom. The third-order valence-corrected chi connectivity index (χ3v) is 4.40. The highest BCUT2D eigenvalue weighted by atomic mass is 35.5. The molecule has 7 nitrogen and oxygen atoms in total. The van der Waals surface area contributed by atoms with Crippen LogP contribution in [-0.4, -0.2) is 25.7 Å². The average molecular weight is 368 g/mol. The molecule has 2 N–H and O–H groups in total. The number of pyridine rings is 1. The van der Waals surface area contributed by atoms with Crippen LogP contribution in [0.5, 0.6) is 0 Å². The highest BCUT2D eigenvalue weighted by Gasteiger charge is 2.13. The number of amides is 1. The fourth-order valence-corrected chi connectivity index (χ4v) is 3.02. The van der Waals surface area contributed by atoms with E-state index < -0.39 is 5.91 Å². The van der Waals surface area contributed by atoms with Crippen LogP contribution < -0.4 is 10.9 Å². The van der Waals surface area contributed by atoms with Crippen molar-refractivity contribution >= 4 is 45.0 Å². The molecule has 0 atom stereocenters. The van der Waals surface area contributed by atoms with Gasteiger partial charge in [-0.1, -0.05) is 23.2 Å². The number of hydrogen-bond donors (Lipinski definition) is 2. The second kappa shape index (κ2) is 6.27. The van der Waals surface area contributed by atoms with Gasteiger partial charge in [-0.3, -0.25) is 9.59 Å². The summed E-state index contributed by atoms with van der Waals surface area (Å²) in [5.41, 5.74) is 2.40. The molecule has 0 saturated heterocycles. The number of carbonyl (C=O) groups excluding carboxylic acids is 1. The Bertz CT molecular complexity index is 1210. The first-order valence-corrected chi connectivity index (χ1v) is 8.29. The zero-order valence-corrected chi connectivity index (χ0v) is 14.5. The molecule has 0 fully saturated rings. The van der Waals surface area contributed by atoms with Gasteiger partial charge in [0.2, 0.25) is 5.91 Å². The summed E-state index contributed by atoms with van der Waals surface area (Å²) >= 11 is 5.92. The van der Waals surface area contributed by atoms with Crippen LogP contribution in [0, 0.1) is 6.92 Å². The van der Waals surface area contributed by atoms with Gasteiger partial charge in [-0.15, -0.1) is 0 Å². The number of aromatic amines is 1. The van der Waals surface area contributed by atoms with Gasteiger partial charge in [0.05, 0.1) is 11.9 Å². The van der Waals surface area contributed by atoms with Crippen molar-refractivity contribution in [2.45, 2.75) is 13.5 Å². The van der Waals surface area contributed by atoms with Gasteiger partial charge < -0.3 is 10.3 Å². The number of benzene rings is 1. The summed E-state index contributed by atoms with van der Waals surface area (Å²) in [6, 6.07) is 9.17. The maximum atomic E-state index is 12.7. The maximum Gasteiger partial charge on any atom is 0.291 e. The summed E-state index contributed by atoms with van der Waals surface area (Å²) in [6.45, 7) is 1.76. The van der Waals surface area contributed by atoms with Crippen molar-refractivity contribution in [1.29, 1.82) is 0 Å². The van der Waals surface area contributed by atoms with E-state index in [9.17, 15) is 9.59 Å². The average Bonchev–Trinajstić information content (AvgIpc) is 2.98. The topological polar surface area (TPSA) is 92.7 Å². The van der Waals surface area contributed by atoms with Crippen LogP contribution in [0.1, 0.15) is 5.56 Å². The summed E-state index contributed by atoms with van der Waals surface area (Å²) < 4.78 is 1.12. The summed E-state index contributed by atoms with van der Waals surface area (Å²) in [5.74, 6) is -0.416. The third-order valence-electron chi connectivity index (χ3n) is 4.10. The van der Waals surface area contributed by atoms with Gasteiger partial charge in [0.15, 0.2) is 5.15 Å². The molecule has 0 radical (unpaired) electrons. The second-order valence-corrected chi connectivity index (χ2v) is 6.32. The molecule has 130 valence electrons. The van der Waals surface area contributed by atoms with Crippen molar-refractivity contribution in [2.24, 2.45) is 0 Å². The van der Waals surface area contributed by atoms with Crippen LogP contribution in [0.15, 0.2) is 47.5 Å². The molecule has 4 aromatic rings. The van der Waals surface area contributed by atoms with Crippen LogP contribution in [0.4, 0.5) is 5.69 Å². The summed E-state index contributed by atoms with van der Waals surface area (Å²) in [7, 11) is 0. The first-order valence-electron chi connectivity index (χ1n) is 7.91. The molecule has 1 amide bonds. The van der Waals surface area contributed by atoms with Crippen molar-refractivity contribution in [2.75, 3.05) is 5.32 Å². The zero-order chi connectivity index (χ0) is 18.3. The number of H-pyrrole nitrogens is 1. The Kier molecular flexibility index (Phi) is 3.93. The van der Waals surface area contributed by atoms with E-state index in [2.05, 4.69) is 20.4 Å². The molecule has 0 aliphatic carbocycles. The standard InChI is InChI=1S/C18H14ClN5O2/c1-10-4-5-13-11(7-10)12-8-21-24(18(26)16(12)23-13)9-15(25)22-14-3-2-6-20-17(14)19/h2-8,23H,9H2,1H3,(H,22,25). The fraction of sp³-hybridized carbons (Fsp3) is 0.111. The lowest BCUT2D eigenvalue weighted by atomic mass is 10.1. The Morgan fingerprint density at radius 3 is 2.96 bits per heavy atom. The highest BCUT2D eigenvalue weighted by molar-refractivity contribution is 6.32. The number of carbonyl (C=O) groups is 1. The zero-order valence-electron chi connectivity index (χ0n) is 13.8. The Balaban J connectivity index is 1.68. The number of halogens is 1. The summed E-state index contributed by atoms with van der Waals surface area (Å²) in [5, 5.41) is 8.62. The first kappa shape index (κ1) is 16.3. The summed E-state index contributed by atoms with van der Waals surface area (Å²) in [4.78, 5) is 31.9. The lowest BCUT2D eigenvalue weighted by molar-refractivity contribution is -0.117. The lowest BCUT2D eigenvalue weighted by Crippen LogP contribution is -2.29. The van der Waals surface area contributed by atoms with E-state index in [1.54, 1.807) is 18.3 Å². The molecule has 0 unspecified atom stereocenters. The van der Waals surface area contributed by atoms with Crippen LogP contribution in [0.2, 0.25) is 5.15 Å². The fourth-order valence-electron chi connectivity index (χ4n) is 2.86. The smallest absolute Gasteiger partial charge is 0.291 e. The molecule has 3 aromatic heterocycles. The Morgan fingerprint density at radius 2 is 2.15 bits per heavy atom. The van der Waals surface area contributed by atoms with Gasteiger partial charge in [-0.2, -0.15) is 5.10 Å². The predicted molar refractivity (Wildman–Crippen MR) is 100 cm³/mol. The van der Waals surface area contributed by atoms with Crippen LogP contribution in [0.3, 0.4) is 0 Å². The molecular weight excluding hydrogens is 354 g/mol. The van der Waals surface area contributed by atoms with E-state index in [1.807, 2.05) is 25.1 Å². The minimum absolute atomic E-state index is 0.183. The Labute approximate surface area is 152 Å². The number of rotatable bonds is 3. The number of anilines is 1. The van der Waals surface area contributed by atoms with Gasteiger partial charge >= 0.3 is 0 Å². The number of nitrogens with one attached hydrogen (secondary N) is 2. The molecule has 0 bridgehead atoms. The number of nitrogens with zero attached hydrogens (tertiary/aromatic N) is 3. The number of aryl methyl sites for hydroxylation is 1. The maximum absolute atomic E-state index is 12.7. The lowest BCUT2D eigenvalue weighted by Gasteiger charge is -2.07. The molecular formula is C18H14ClN5O2.